The molecule has 1 aliphatic rings. The van der Waals surface area contributed by atoms with Crippen molar-refractivity contribution in [2.45, 2.75) is 25.4 Å². The Bertz CT molecular complexity index is 141. The summed E-state index contributed by atoms with van der Waals surface area (Å²) in [6, 6.07) is 12.0. The monoisotopic (exact) mass is 150 g/mol. The Morgan fingerprint density at radius 3 is 1.18 bits per heavy atom. The van der Waals surface area contributed by atoms with Crippen LogP contribution in [-0.2, 0) is 0 Å². The zero-order valence-corrected chi connectivity index (χ0v) is 6.61. The van der Waals surface area contributed by atoms with Crippen LogP contribution in [0, 0.1) is 0 Å². The van der Waals surface area contributed by atoms with E-state index in [9.17, 15) is 0 Å². The maximum atomic E-state index is 8.45. The lowest BCUT2D eigenvalue weighted by Gasteiger charge is -2.17. The van der Waals surface area contributed by atoms with E-state index < -0.39 is 0 Å². The Balaban J connectivity index is 0.000000112. The van der Waals surface area contributed by atoms with Gasteiger partial charge in [-0.2, -0.15) is 0 Å². The van der Waals surface area contributed by atoms with Gasteiger partial charge in [0, 0.05) is 0 Å². The Morgan fingerprint density at radius 2 is 1.09 bits per heavy atom. The molecular weight excluding hydrogens is 136 g/mol. The van der Waals surface area contributed by atoms with E-state index in [-0.39, 0.29) is 6.10 Å². The van der Waals surface area contributed by atoms with Crippen molar-refractivity contribution in [3.63, 3.8) is 0 Å². The van der Waals surface area contributed by atoms with Gasteiger partial charge >= 0.3 is 0 Å². The topological polar surface area (TPSA) is 20.2 Å². The van der Waals surface area contributed by atoms with Crippen molar-refractivity contribution in [1.82, 2.24) is 0 Å². The Morgan fingerprint density at radius 1 is 0.818 bits per heavy atom. The fraction of sp³-hybridized carbons (Fsp3) is 0.400. The molecule has 0 unspecified atom stereocenters. The molecule has 1 fully saturated rings. The first-order chi connectivity index (χ1) is 5.39. The Labute approximate surface area is 67.7 Å². The van der Waals surface area contributed by atoms with Crippen molar-refractivity contribution in [3.8, 4) is 0 Å². The second-order valence-electron chi connectivity index (χ2n) is 2.74. The second kappa shape index (κ2) is 4.91. The number of hydrogen-bond acceptors (Lipinski definition) is 1. The number of rotatable bonds is 0. The molecule has 0 radical (unpaired) electrons. The van der Waals surface area contributed by atoms with Crippen LogP contribution in [0.15, 0.2) is 36.4 Å². The van der Waals surface area contributed by atoms with Gasteiger partial charge in [-0.15, -0.1) is 0 Å². The van der Waals surface area contributed by atoms with Crippen molar-refractivity contribution in [2.24, 2.45) is 0 Å². The van der Waals surface area contributed by atoms with Crippen molar-refractivity contribution in [3.05, 3.63) is 36.4 Å². The van der Waals surface area contributed by atoms with Crippen LogP contribution < -0.4 is 0 Å². The lowest BCUT2D eigenvalue weighted by atomic mass is 9.97. The fourth-order valence-electron chi connectivity index (χ4n) is 0.772. The highest BCUT2D eigenvalue weighted by atomic mass is 16.3. The molecular formula is C10H14O. The quantitative estimate of drug-likeness (QED) is 0.601. The van der Waals surface area contributed by atoms with Gasteiger partial charge in [-0.05, 0) is 19.3 Å². The summed E-state index contributed by atoms with van der Waals surface area (Å²) in [7, 11) is 0. The predicted octanol–water partition coefficient (Wildman–Crippen LogP) is 2.22. The molecule has 11 heavy (non-hydrogen) atoms. The third-order valence-electron chi connectivity index (χ3n) is 1.74. The third-order valence-corrected chi connectivity index (χ3v) is 1.74. The van der Waals surface area contributed by atoms with Crippen LogP contribution >= 0.6 is 0 Å². The number of hydrogen-bond donors (Lipinski definition) is 1. The molecule has 1 N–H and O–H groups in total. The highest BCUT2D eigenvalue weighted by Gasteiger charge is 2.11. The summed E-state index contributed by atoms with van der Waals surface area (Å²) in [5.74, 6) is 0. The number of benzene rings is 1. The molecule has 1 heteroatoms. The van der Waals surface area contributed by atoms with E-state index in [4.69, 9.17) is 5.11 Å². The van der Waals surface area contributed by atoms with Crippen LogP contribution in [-0.4, -0.2) is 11.2 Å². The standard InChI is InChI=1S/C6H6.C4H8O/c1-2-4-6-5-3-1;5-4-2-1-3-4/h1-6H;4-5H,1-3H2. The van der Waals surface area contributed by atoms with Gasteiger partial charge in [-0.25, -0.2) is 0 Å². The van der Waals surface area contributed by atoms with Crippen LogP contribution in [0.2, 0.25) is 0 Å². The molecule has 0 spiro atoms. The van der Waals surface area contributed by atoms with Crippen molar-refractivity contribution < 1.29 is 5.11 Å². The minimum atomic E-state index is 0.0648. The van der Waals surface area contributed by atoms with Gasteiger partial charge in [0.05, 0.1) is 6.10 Å². The summed E-state index contributed by atoms with van der Waals surface area (Å²) in [6.07, 6.45) is 3.39. The van der Waals surface area contributed by atoms with Gasteiger partial charge in [-0.3, -0.25) is 0 Å². The van der Waals surface area contributed by atoms with Crippen molar-refractivity contribution in [2.75, 3.05) is 0 Å². The lowest BCUT2D eigenvalue weighted by molar-refractivity contribution is 0.0950. The normalized spacial score (nSPS) is 16.1. The van der Waals surface area contributed by atoms with Gasteiger partial charge in [0.1, 0.15) is 0 Å². The molecule has 0 aromatic heterocycles. The minimum Gasteiger partial charge on any atom is -0.393 e. The van der Waals surface area contributed by atoms with Crippen LogP contribution in [0.3, 0.4) is 0 Å². The lowest BCUT2D eigenvalue weighted by Crippen LogP contribution is -2.15. The molecule has 0 aliphatic heterocycles. The summed E-state index contributed by atoms with van der Waals surface area (Å²) < 4.78 is 0. The molecule has 2 rings (SSSR count). The van der Waals surface area contributed by atoms with Crippen LogP contribution in [0.4, 0.5) is 0 Å². The minimum absolute atomic E-state index is 0.0648. The summed E-state index contributed by atoms with van der Waals surface area (Å²) in [5, 5.41) is 8.45. The maximum Gasteiger partial charge on any atom is 0.0540 e. The first kappa shape index (κ1) is 8.28. The van der Waals surface area contributed by atoms with E-state index in [2.05, 4.69) is 0 Å². The molecule has 0 amide bonds. The van der Waals surface area contributed by atoms with E-state index in [1.54, 1.807) is 0 Å². The molecule has 60 valence electrons. The van der Waals surface area contributed by atoms with Gasteiger partial charge in [0.15, 0.2) is 0 Å². The zero-order valence-electron chi connectivity index (χ0n) is 6.61. The Hall–Kier alpha value is -0.820. The highest BCUT2D eigenvalue weighted by molar-refractivity contribution is 4.99. The molecule has 1 nitrogen and oxygen atoms in total. The van der Waals surface area contributed by atoms with E-state index in [0.29, 0.717) is 0 Å². The fourth-order valence-corrected chi connectivity index (χ4v) is 0.772. The van der Waals surface area contributed by atoms with Crippen molar-refractivity contribution in [1.29, 1.82) is 0 Å². The van der Waals surface area contributed by atoms with Gasteiger partial charge in [-0.1, -0.05) is 36.4 Å². The summed E-state index contributed by atoms with van der Waals surface area (Å²) in [5.41, 5.74) is 0. The second-order valence-corrected chi connectivity index (χ2v) is 2.74. The van der Waals surface area contributed by atoms with Crippen LogP contribution in [0.25, 0.3) is 0 Å². The average molecular weight is 150 g/mol. The Kier molecular flexibility index (Phi) is 3.70. The molecule has 0 saturated heterocycles. The molecule has 0 heterocycles. The van der Waals surface area contributed by atoms with E-state index in [0.717, 1.165) is 12.8 Å². The first-order valence-electron chi connectivity index (χ1n) is 4.07. The molecule has 1 aliphatic carbocycles. The smallest absolute Gasteiger partial charge is 0.0540 e. The zero-order chi connectivity index (χ0) is 7.94. The molecule has 0 atom stereocenters. The van der Waals surface area contributed by atoms with E-state index >= 15 is 0 Å². The molecule has 0 bridgehead atoms. The summed E-state index contributed by atoms with van der Waals surface area (Å²) in [6.45, 7) is 0. The largest absolute Gasteiger partial charge is 0.393 e. The maximum absolute atomic E-state index is 8.45. The van der Waals surface area contributed by atoms with Crippen LogP contribution in [0.5, 0.6) is 0 Å². The number of aliphatic hydroxyl groups is 1. The number of aliphatic hydroxyl groups excluding tert-OH is 1. The van der Waals surface area contributed by atoms with Gasteiger partial charge in [0.25, 0.3) is 0 Å². The van der Waals surface area contributed by atoms with Gasteiger partial charge < -0.3 is 5.11 Å². The third kappa shape index (κ3) is 3.79. The van der Waals surface area contributed by atoms with E-state index in [1.807, 2.05) is 36.4 Å². The highest BCUT2D eigenvalue weighted by Crippen LogP contribution is 2.16. The van der Waals surface area contributed by atoms with Gasteiger partial charge in [0.2, 0.25) is 0 Å². The summed E-state index contributed by atoms with van der Waals surface area (Å²) in [4.78, 5) is 0. The van der Waals surface area contributed by atoms with Crippen LogP contribution in [0.1, 0.15) is 19.3 Å². The SMILES string of the molecule is OC1CCC1.c1ccccc1. The summed E-state index contributed by atoms with van der Waals surface area (Å²) >= 11 is 0. The van der Waals surface area contributed by atoms with Crippen molar-refractivity contribution >= 4 is 0 Å². The molecule has 1 aromatic rings. The van der Waals surface area contributed by atoms with E-state index in [1.165, 1.54) is 6.42 Å². The average Bonchev–Trinajstić information content (AvgIpc) is 2.05. The predicted molar refractivity (Wildman–Crippen MR) is 46.3 cm³/mol. The first-order valence-corrected chi connectivity index (χ1v) is 4.07. The molecule has 1 aromatic carbocycles. The molecule has 1 saturated carbocycles.